The number of nitrogens with one attached hydrogen (secondary N) is 1. The summed E-state index contributed by atoms with van der Waals surface area (Å²) in [5.74, 6) is -0.0237. The van der Waals surface area contributed by atoms with Crippen molar-refractivity contribution in [3.63, 3.8) is 0 Å². The molecule has 0 aliphatic carbocycles. The lowest BCUT2D eigenvalue weighted by Crippen LogP contribution is -2.51. The van der Waals surface area contributed by atoms with Gasteiger partial charge in [0.25, 0.3) is 0 Å². The SMILES string of the molecule is CCCNC(=O)CN1CCN(C(=O)CCC(=O)c2ccc(Cl)s2)CC1. The van der Waals surface area contributed by atoms with Crippen LogP contribution in [0.15, 0.2) is 12.1 Å². The molecule has 1 aromatic heterocycles. The van der Waals surface area contributed by atoms with E-state index in [0.29, 0.717) is 48.5 Å². The third-order valence-corrected chi connectivity index (χ3v) is 5.35. The Morgan fingerprint density at radius 3 is 2.48 bits per heavy atom. The van der Waals surface area contributed by atoms with Gasteiger partial charge in [-0.1, -0.05) is 18.5 Å². The topological polar surface area (TPSA) is 69.7 Å². The fraction of sp³-hybridized carbons (Fsp3) is 0.588. The van der Waals surface area contributed by atoms with Crippen LogP contribution in [-0.4, -0.2) is 66.7 Å². The van der Waals surface area contributed by atoms with Gasteiger partial charge in [0.2, 0.25) is 11.8 Å². The molecule has 2 rings (SSSR count). The van der Waals surface area contributed by atoms with Crippen molar-refractivity contribution < 1.29 is 14.4 Å². The van der Waals surface area contributed by atoms with Gasteiger partial charge in [-0.3, -0.25) is 19.3 Å². The molecule has 1 aliphatic rings. The Labute approximate surface area is 157 Å². The molecule has 1 aromatic rings. The van der Waals surface area contributed by atoms with Crippen LogP contribution >= 0.6 is 22.9 Å². The fourth-order valence-electron chi connectivity index (χ4n) is 2.64. The summed E-state index contributed by atoms with van der Waals surface area (Å²) in [6.45, 7) is 5.64. The lowest BCUT2D eigenvalue weighted by Gasteiger charge is -2.34. The van der Waals surface area contributed by atoms with E-state index >= 15 is 0 Å². The molecular weight excluding hydrogens is 362 g/mol. The highest BCUT2D eigenvalue weighted by molar-refractivity contribution is 7.18. The Balaban J connectivity index is 1.68. The summed E-state index contributed by atoms with van der Waals surface area (Å²) < 4.78 is 0.578. The standard InChI is InChI=1S/C17H24ClN3O3S/c1-2-7-19-16(23)12-20-8-10-21(11-9-20)17(24)6-3-13(22)14-4-5-15(18)25-14/h4-5H,2-3,6-12H2,1H3,(H,19,23). The summed E-state index contributed by atoms with van der Waals surface area (Å²) in [5, 5.41) is 2.86. The Morgan fingerprint density at radius 1 is 1.16 bits per heavy atom. The van der Waals surface area contributed by atoms with Crippen LogP contribution in [0.4, 0.5) is 0 Å². The first-order chi connectivity index (χ1) is 12.0. The number of piperazine rings is 1. The van der Waals surface area contributed by atoms with Gasteiger partial charge in [-0.05, 0) is 18.6 Å². The summed E-state index contributed by atoms with van der Waals surface area (Å²) in [4.78, 5) is 40.4. The molecule has 25 heavy (non-hydrogen) atoms. The second-order valence-corrected chi connectivity index (χ2v) is 7.75. The first-order valence-electron chi connectivity index (χ1n) is 8.55. The van der Waals surface area contributed by atoms with E-state index in [4.69, 9.17) is 11.6 Å². The molecule has 1 saturated heterocycles. The van der Waals surface area contributed by atoms with E-state index in [1.54, 1.807) is 17.0 Å². The number of ketones is 1. The summed E-state index contributed by atoms with van der Waals surface area (Å²) in [6, 6.07) is 3.39. The monoisotopic (exact) mass is 385 g/mol. The molecule has 0 unspecified atom stereocenters. The number of carbonyl (C=O) groups excluding carboxylic acids is 3. The molecule has 2 heterocycles. The van der Waals surface area contributed by atoms with Gasteiger partial charge in [-0.2, -0.15) is 0 Å². The number of halogens is 1. The zero-order chi connectivity index (χ0) is 18.2. The van der Waals surface area contributed by atoms with Crippen molar-refractivity contribution >= 4 is 40.5 Å². The van der Waals surface area contributed by atoms with Crippen LogP contribution in [0, 0.1) is 0 Å². The molecule has 138 valence electrons. The van der Waals surface area contributed by atoms with E-state index in [2.05, 4.69) is 5.32 Å². The average Bonchev–Trinajstić information content (AvgIpc) is 3.04. The van der Waals surface area contributed by atoms with Crippen LogP contribution in [-0.2, 0) is 9.59 Å². The van der Waals surface area contributed by atoms with Crippen LogP contribution in [0.1, 0.15) is 35.9 Å². The molecule has 8 heteroatoms. The molecule has 1 fully saturated rings. The minimum Gasteiger partial charge on any atom is -0.355 e. The highest BCUT2D eigenvalue weighted by Crippen LogP contribution is 2.23. The van der Waals surface area contributed by atoms with E-state index < -0.39 is 0 Å². The summed E-state index contributed by atoms with van der Waals surface area (Å²) in [5.41, 5.74) is 0. The largest absolute Gasteiger partial charge is 0.355 e. The second-order valence-electron chi connectivity index (χ2n) is 6.03. The van der Waals surface area contributed by atoms with E-state index in [-0.39, 0.29) is 30.4 Å². The first kappa shape index (κ1) is 19.9. The number of rotatable bonds is 8. The van der Waals surface area contributed by atoms with E-state index in [1.807, 2.05) is 11.8 Å². The normalized spacial score (nSPS) is 15.2. The summed E-state index contributed by atoms with van der Waals surface area (Å²) in [6.07, 6.45) is 1.34. The second kappa shape index (κ2) is 9.89. The number of hydrogen-bond donors (Lipinski definition) is 1. The van der Waals surface area contributed by atoms with Crippen LogP contribution in [0.25, 0.3) is 0 Å². The van der Waals surface area contributed by atoms with E-state index in [1.165, 1.54) is 11.3 Å². The smallest absolute Gasteiger partial charge is 0.234 e. The maximum absolute atomic E-state index is 12.3. The van der Waals surface area contributed by atoms with Gasteiger partial charge in [-0.25, -0.2) is 0 Å². The van der Waals surface area contributed by atoms with Gasteiger partial charge in [0, 0.05) is 45.6 Å². The number of thiophene rings is 1. The third-order valence-electron chi connectivity index (χ3n) is 4.08. The third kappa shape index (κ3) is 6.41. The van der Waals surface area contributed by atoms with Crippen molar-refractivity contribution in [3.8, 4) is 0 Å². The van der Waals surface area contributed by atoms with Crippen molar-refractivity contribution in [1.29, 1.82) is 0 Å². The molecule has 0 bridgehead atoms. The highest BCUT2D eigenvalue weighted by atomic mass is 35.5. The van der Waals surface area contributed by atoms with Crippen molar-refractivity contribution in [2.75, 3.05) is 39.3 Å². The minimum absolute atomic E-state index is 0.00825. The molecular formula is C17H24ClN3O3S. The number of nitrogens with zero attached hydrogens (tertiary/aromatic N) is 2. The molecule has 0 atom stereocenters. The van der Waals surface area contributed by atoms with Crippen LogP contribution < -0.4 is 5.32 Å². The molecule has 1 aliphatic heterocycles. The maximum atomic E-state index is 12.3. The average molecular weight is 386 g/mol. The fourth-order valence-corrected chi connectivity index (χ4v) is 3.66. The number of hydrogen-bond acceptors (Lipinski definition) is 5. The molecule has 0 spiro atoms. The predicted octanol–water partition coefficient (Wildman–Crippen LogP) is 2.03. The zero-order valence-corrected chi connectivity index (χ0v) is 16.0. The number of carbonyl (C=O) groups is 3. The Kier molecular flexibility index (Phi) is 7.87. The number of Topliss-reactive ketones (excluding diaryl/α,β-unsaturated/α-hetero) is 1. The lowest BCUT2D eigenvalue weighted by molar-refractivity contribution is -0.133. The predicted molar refractivity (Wildman–Crippen MR) is 99.2 cm³/mol. The summed E-state index contributed by atoms with van der Waals surface area (Å²) >= 11 is 7.07. The molecule has 0 saturated carbocycles. The van der Waals surface area contributed by atoms with Gasteiger partial charge < -0.3 is 10.2 Å². The van der Waals surface area contributed by atoms with Gasteiger partial charge >= 0.3 is 0 Å². The zero-order valence-electron chi connectivity index (χ0n) is 14.4. The van der Waals surface area contributed by atoms with Crippen molar-refractivity contribution in [1.82, 2.24) is 15.1 Å². The van der Waals surface area contributed by atoms with E-state index in [0.717, 1.165) is 6.42 Å². The minimum atomic E-state index is -0.0449. The lowest BCUT2D eigenvalue weighted by atomic mass is 10.1. The van der Waals surface area contributed by atoms with Gasteiger partial charge in [-0.15, -0.1) is 11.3 Å². The molecule has 2 amide bonds. The quantitative estimate of drug-likeness (QED) is 0.695. The van der Waals surface area contributed by atoms with Gasteiger partial charge in [0.15, 0.2) is 5.78 Å². The van der Waals surface area contributed by atoms with Crippen LogP contribution in [0.5, 0.6) is 0 Å². The van der Waals surface area contributed by atoms with E-state index in [9.17, 15) is 14.4 Å². The molecule has 6 nitrogen and oxygen atoms in total. The number of amides is 2. The Bertz CT molecular complexity index is 612. The van der Waals surface area contributed by atoms with Crippen molar-refractivity contribution in [2.24, 2.45) is 0 Å². The maximum Gasteiger partial charge on any atom is 0.234 e. The summed E-state index contributed by atoms with van der Waals surface area (Å²) in [7, 11) is 0. The van der Waals surface area contributed by atoms with Gasteiger partial charge in [0.05, 0.1) is 15.8 Å². The Hall–Kier alpha value is -1.44. The first-order valence-corrected chi connectivity index (χ1v) is 9.74. The Morgan fingerprint density at radius 2 is 1.88 bits per heavy atom. The van der Waals surface area contributed by atoms with Crippen LogP contribution in [0.3, 0.4) is 0 Å². The van der Waals surface area contributed by atoms with Gasteiger partial charge in [0.1, 0.15) is 0 Å². The van der Waals surface area contributed by atoms with Crippen molar-refractivity contribution in [3.05, 3.63) is 21.3 Å². The van der Waals surface area contributed by atoms with Crippen molar-refractivity contribution in [2.45, 2.75) is 26.2 Å². The van der Waals surface area contributed by atoms with Crippen LogP contribution in [0.2, 0.25) is 4.34 Å². The highest BCUT2D eigenvalue weighted by Gasteiger charge is 2.23. The molecule has 1 N–H and O–H groups in total. The molecule has 0 radical (unpaired) electrons. The molecule has 0 aromatic carbocycles.